The Morgan fingerprint density at radius 1 is 0.730 bits per heavy atom. The first-order valence-electron chi connectivity index (χ1n) is 11.6. The van der Waals surface area contributed by atoms with E-state index in [0.717, 1.165) is 17.5 Å². The smallest absolute Gasteiger partial charge is 0.293 e. The first-order chi connectivity index (χ1) is 18.1. The van der Waals surface area contributed by atoms with Crippen LogP contribution < -0.4 is 23.7 Å². The van der Waals surface area contributed by atoms with Gasteiger partial charge in [0.15, 0.2) is 23.0 Å². The molecule has 4 rings (SSSR count). The molecule has 9 heteroatoms. The van der Waals surface area contributed by atoms with Gasteiger partial charge in [0.1, 0.15) is 25.6 Å². The van der Waals surface area contributed by atoms with Crippen LogP contribution in [0.1, 0.15) is 5.56 Å². The Bertz CT molecular complexity index is 1260. The molecule has 192 valence electrons. The summed E-state index contributed by atoms with van der Waals surface area (Å²) >= 11 is 0.893. The van der Waals surface area contributed by atoms with Crippen LogP contribution in [0.2, 0.25) is 0 Å². The van der Waals surface area contributed by atoms with Crippen LogP contribution >= 0.6 is 11.8 Å². The van der Waals surface area contributed by atoms with E-state index in [-0.39, 0.29) is 24.3 Å². The molecule has 1 aliphatic heterocycles. The minimum Gasteiger partial charge on any atom is -0.493 e. The first kappa shape index (κ1) is 26.0. The van der Waals surface area contributed by atoms with E-state index in [1.54, 1.807) is 50.6 Å². The number of methoxy groups -OCH3 is 2. The molecule has 2 amide bonds. The number of nitrogens with zero attached hydrogens (tertiary/aromatic N) is 1. The zero-order valence-corrected chi connectivity index (χ0v) is 21.4. The summed E-state index contributed by atoms with van der Waals surface area (Å²) in [7, 11) is 3.10. The Morgan fingerprint density at radius 2 is 1.38 bits per heavy atom. The second-order valence-corrected chi connectivity index (χ2v) is 8.75. The van der Waals surface area contributed by atoms with Crippen LogP contribution in [-0.2, 0) is 4.79 Å². The molecular formula is C28H27NO7S. The highest BCUT2D eigenvalue weighted by atomic mass is 32.2. The quantitative estimate of drug-likeness (QED) is 0.235. The summed E-state index contributed by atoms with van der Waals surface area (Å²) in [6.45, 7) is 0.990. The summed E-state index contributed by atoms with van der Waals surface area (Å²) in [6, 6.07) is 22.0. The average Bonchev–Trinajstić information content (AvgIpc) is 3.19. The normalized spacial score (nSPS) is 14.1. The monoisotopic (exact) mass is 521 g/mol. The first-order valence-corrected chi connectivity index (χ1v) is 12.4. The molecule has 0 saturated carbocycles. The molecule has 0 spiro atoms. The van der Waals surface area contributed by atoms with Crippen molar-refractivity contribution in [2.45, 2.75) is 0 Å². The second-order valence-electron chi connectivity index (χ2n) is 7.75. The molecule has 1 aliphatic rings. The summed E-state index contributed by atoms with van der Waals surface area (Å²) in [4.78, 5) is 26.8. The largest absolute Gasteiger partial charge is 0.493 e. The highest BCUT2D eigenvalue weighted by Crippen LogP contribution is 2.34. The van der Waals surface area contributed by atoms with Crippen molar-refractivity contribution in [3.8, 4) is 28.7 Å². The van der Waals surface area contributed by atoms with Crippen molar-refractivity contribution in [3.63, 3.8) is 0 Å². The van der Waals surface area contributed by atoms with Crippen LogP contribution in [0.4, 0.5) is 4.79 Å². The third-order valence-electron chi connectivity index (χ3n) is 5.35. The lowest BCUT2D eigenvalue weighted by Gasteiger charge is -2.14. The van der Waals surface area contributed by atoms with Crippen LogP contribution in [0, 0.1) is 0 Å². The minimum absolute atomic E-state index is 0.126. The van der Waals surface area contributed by atoms with Gasteiger partial charge >= 0.3 is 0 Å². The van der Waals surface area contributed by atoms with E-state index in [0.29, 0.717) is 46.7 Å². The van der Waals surface area contributed by atoms with Gasteiger partial charge in [0.25, 0.3) is 11.1 Å². The van der Waals surface area contributed by atoms with Gasteiger partial charge in [-0.3, -0.25) is 14.5 Å². The lowest BCUT2D eigenvalue weighted by atomic mass is 10.2. The Morgan fingerprint density at radius 3 is 2.14 bits per heavy atom. The van der Waals surface area contributed by atoms with E-state index >= 15 is 0 Å². The Kier molecular flexibility index (Phi) is 8.93. The SMILES string of the molecule is COc1cc(/C=C2\SC(=O)N(CCOc3ccccc3OC)C2=O)ccc1OCCOc1ccccc1. The van der Waals surface area contributed by atoms with Gasteiger partial charge in [-0.2, -0.15) is 0 Å². The third-order valence-corrected chi connectivity index (χ3v) is 6.26. The molecule has 8 nitrogen and oxygen atoms in total. The van der Waals surface area contributed by atoms with Gasteiger partial charge in [-0.05, 0) is 59.8 Å². The highest BCUT2D eigenvalue weighted by Gasteiger charge is 2.34. The van der Waals surface area contributed by atoms with Crippen LogP contribution in [-0.4, -0.2) is 56.6 Å². The van der Waals surface area contributed by atoms with Crippen LogP contribution in [0.25, 0.3) is 6.08 Å². The zero-order valence-electron chi connectivity index (χ0n) is 20.5. The van der Waals surface area contributed by atoms with E-state index in [9.17, 15) is 9.59 Å². The average molecular weight is 522 g/mol. The summed E-state index contributed by atoms with van der Waals surface area (Å²) in [5.74, 6) is 2.61. The molecule has 0 aromatic heterocycles. The number of amides is 2. The fraction of sp³-hybridized carbons (Fsp3) is 0.214. The topological polar surface area (TPSA) is 83.5 Å². The number of ether oxygens (including phenoxy) is 5. The molecule has 1 saturated heterocycles. The molecule has 1 fully saturated rings. The summed E-state index contributed by atoms with van der Waals surface area (Å²) in [6.07, 6.45) is 1.66. The van der Waals surface area contributed by atoms with Crippen LogP contribution in [0.3, 0.4) is 0 Å². The number of para-hydroxylation sites is 3. The Balaban J connectivity index is 1.33. The molecule has 37 heavy (non-hydrogen) atoms. The van der Waals surface area contributed by atoms with Gasteiger partial charge in [0, 0.05) is 0 Å². The molecule has 0 aliphatic carbocycles. The number of thioether (sulfide) groups is 1. The molecule has 0 N–H and O–H groups in total. The van der Waals surface area contributed by atoms with Gasteiger partial charge in [0.05, 0.1) is 25.7 Å². The number of imide groups is 1. The Labute approximate surface area is 219 Å². The standard InChI is InChI=1S/C28H27NO7S/c1-32-22-10-6-7-11-23(22)35-15-14-29-27(30)26(37-28(29)31)19-20-12-13-24(25(18-20)33-2)36-17-16-34-21-8-4-3-5-9-21/h3-13,18-19H,14-17H2,1-2H3/b26-19-. The van der Waals surface area contributed by atoms with E-state index < -0.39 is 0 Å². The van der Waals surface area contributed by atoms with Gasteiger partial charge in [0.2, 0.25) is 0 Å². The van der Waals surface area contributed by atoms with E-state index in [1.165, 1.54) is 4.90 Å². The van der Waals surface area contributed by atoms with Gasteiger partial charge in [-0.15, -0.1) is 0 Å². The predicted molar refractivity (Wildman–Crippen MR) is 142 cm³/mol. The molecule has 0 atom stereocenters. The van der Waals surface area contributed by atoms with Crippen molar-refractivity contribution < 1.29 is 33.3 Å². The number of hydrogen-bond donors (Lipinski definition) is 0. The Hall–Kier alpha value is -4.11. The van der Waals surface area contributed by atoms with Crippen molar-refractivity contribution in [1.29, 1.82) is 0 Å². The molecular weight excluding hydrogens is 494 g/mol. The molecule has 3 aromatic carbocycles. The molecule has 3 aromatic rings. The van der Waals surface area contributed by atoms with Crippen molar-refractivity contribution in [2.75, 3.05) is 40.6 Å². The fourth-order valence-corrected chi connectivity index (χ4v) is 4.42. The zero-order chi connectivity index (χ0) is 26.0. The predicted octanol–water partition coefficient (Wildman–Crippen LogP) is 5.28. The number of benzene rings is 3. The van der Waals surface area contributed by atoms with Crippen molar-refractivity contribution >= 4 is 29.0 Å². The number of carbonyl (C=O) groups is 2. The second kappa shape index (κ2) is 12.7. The fourth-order valence-electron chi connectivity index (χ4n) is 3.55. The number of rotatable bonds is 12. The minimum atomic E-state index is -0.365. The van der Waals surface area contributed by atoms with Crippen LogP contribution in [0.15, 0.2) is 77.7 Å². The third kappa shape index (κ3) is 6.77. The molecule has 1 heterocycles. The highest BCUT2D eigenvalue weighted by molar-refractivity contribution is 8.18. The molecule has 0 bridgehead atoms. The lowest BCUT2D eigenvalue weighted by Crippen LogP contribution is -2.32. The summed E-state index contributed by atoms with van der Waals surface area (Å²) < 4.78 is 27.9. The van der Waals surface area contributed by atoms with Crippen molar-refractivity contribution in [2.24, 2.45) is 0 Å². The van der Waals surface area contributed by atoms with Gasteiger partial charge in [-0.1, -0.05) is 36.4 Å². The maximum absolute atomic E-state index is 12.9. The van der Waals surface area contributed by atoms with Gasteiger partial charge in [-0.25, -0.2) is 0 Å². The van der Waals surface area contributed by atoms with E-state index in [4.69, 9.17) is 23.7 Å². The molecule has 0 radical (unpaired) electrons. The summed E-state index contributed by atoms with van der Waals surface area (Å²) in [5, 5.41) is -0.342. The van der Waals surface area contributed by atoms with Crippen LogP contribution in [0.5, 0.6) is 28.7 Å². The maximum atomic E-state index is 12.9. The van der Waals surface area contributed by atoms with E-state index in [2.05, 4.69) is 0 Å². The van der Waals surface area contributed by atoms with Crippen molar-refractivity contribution in [1.82, 2.24) is 4.90 Å². The maximum Gasteiger partial charge on any atom is 0.293 e. The van der Waals surface area contributed by atoms with Gasteiger partial charge < -0.3 is 23.7 Å². The molecule has 0 unspecified atom stereocenters. The summed E-state index contributed by atoms with van der Waals surface area (Å²) in [5.41, 5.74) is 0.709. The number of carbonyl (C=O) groups excluding carboxylic acids is 2. The van der Waals surface area contributed by atoms with Crippen molar-refractivity contribution in [3.05, 3.63) is 83.3 Å². The van der Waals surface area contributed by atoms with E-state index in [1.807, 2.05) is 42.5 Å². The lowest BCUT2D eigenvalue weighted by molar-refractivity contribution is -0.123. The number of hydrogen-bond acceptors (Lipinski definition) is 8.